The van der Waals surface area contributed by atoms with Gasteiger partial charge in [-0.2, -0.15) is 4.31 Å². The van der Waals surface area contributed by atoms with Crippen LogP contribution in [0.1, 0.15) is 23.2 Å². The van der Waals surface area contributed by atoms with Crippen molar-refractivity contribution in [3.8, 4) is 0 Å². The lowest BCUT2D eigenvalue weighted by molar-refractivity contribution is 0.0875. The summed E-state index contributed by atoms with van der Waals surface area (Å²) in [5, 5.41) is 0.430. The molecule has 0 aliphatic carbocycles. The van der Waals surface area contributed by atoms with Gasteiger partial charge in [-0.3, -0.25) is 4.79 Å². The summed E-state index contributed by atoms with van der Waals surface area (Å²) in [6.07, 6.45) is 0.807. The van der Waals surface area contributed by atoms with Gasteiger partial charge in [-0.25, -0.2) is 12.8 Å². The van der Waals surface area contributed by atoms with Gasteiger partial charge < -0.3 is 0 Å². The van der Waals surface area contributed by atoms with E-state index in [1.165, 1.54) is 46.8 Å². The van der Waals surface area contributed by atoms with Gasteiger partial charge in [0.2, 0.25) is 10.0 Å². The first-order chi connectivity index (χ1) is 12.3. The zero-order valence-electron chi connectivity index (χ0n) is 13.7. The highest BCUT2D eigenvalue weighted by Crippen LogP contribution is 2.31. The van der Waals surface area contributed by atoms with Crippen LogP contribution in [0.15, 0.2) is 47.4 Å². The maximum absolute atomic E-state index is 13.0. The van der Waals surface area contributed by atoms with Crippen LogP contribution in [0.4, 0.5) is 4.39 Å². The van der Waals surface area contributed by atoms with Crippen molar-refractivity contribution in [3.63, 3.8) is 0 Å². The minimum atomic E-state index is -3.75. The first-order valence-electron chi connectivity index (χ1n) is 8.04. The highest BCUT2D eigenvalue weighted by atomic mass is 35.5. The standard InChI is InChI=1S/C18H16Cl2FNO3S/c19-14-3-6-17(16(20)11-14)26(24,25)22-9-7-13(8-10-22)18(23)12-1-4-15(21)5-2-12/h1-6,11,13H,7-10H2. The molecular weight excluding hydrogens is 400 g/mol. The van der Waals surface area contributed by atoms with Crippen LogP contribution in [0.2, 0.25) is 10.0 Å². The fraction of sp³-hybridized carbons (Fsp3) is 0.278. The topological polar surface area (TPSA) is 54.5 Å². The Hall–Kier alpha value is -1.47. The molecule has 0 aromatic heterocycles. The number of Topliss-reactive ketones (excluding diaryl/α,β-unsaturated/α-hetero) is 1. The normalized spacial score (nSPS) is 16.6. The molecule has 8 heteroatoms. The smallest absolute Gasteiger partial charge is 0.244 e. The third kappa shape index (κ3) is 3.93. The summed E-state index contributed by atoms with van der Waals surface area (Å²) in [7, 11) is -3.75. The molecule has 2 aromatic rings. The Labute approximate surface area is 161 Å². The van der Waals surface area contributed by atoms with Gasteiger partial charge in [0.15, 0.2) is 5.78 Å². The van der Waals surface area contributed by atoms with Gasteiger partial charge in [0, 0.05) is 29.6 Å². The number of benzene rings is 2. The number of hydrogen-bond acceptors (Lipinski definition) is 3. The fourth-order valence-electron chi connectivity index (χ4n) is 3.03. The Kier molecular flexibility index (Phi) is 5.67. The highest BCUT2D eigenvalue weighted by Gasteiger charge is 2.33. The zero-order valence-corrected chi connectivity index (χ0v) is 16.0. The van der Waals surface area contributed by atoms with E-state index < -0.39 is 15.8 Å². The fourth-order valence-corrected chi connectivity index (χ4v) is 5.25. The minimum Gasteiger partial charge on any atom is -0.294 e. The largest absolute Gasteiger partial charge is 0.294 e. The quantitative estimate of drug-likeness (QED) is 0.694. The molecule has 0 amide bonds. The van der Waals surface area contributed by atoms with Gasteiger partial charge >= 0.3 is 0 Å². The molecule has 1 fully saturated rings. The molecule has 26 heavy (non-hydrogen) atoms. The highest BCUT2D eigenvalue weighted by molar-refractivity contribution is 7.89. The second-order valence-corrected chi connectivity index (χ2v) is 8.87. The molecule has 0 unspecified atom stereocenters. The predicted octanol–water partition coefficient (Wildman–Crippen LogP) is 4.42. The van der Waals surface area contributed by atoms with Crippen molar-refractivity contribution in [2.45, 2.75) is 17.7 Å². The number of halogens is 3. The molecule has 1 heterocycles. The van der Waals surface area contributed by atoms with Crippen LogP contribution in [0.25, 0.3) is 0 Å². The predicted molar refractivity (Wildman–Crippen MR) is 98.7 cm³/mol. The Morgan fingerprint density at radius 3 is 2.23 bits per heavy atom. The molecule has 4 nitrogen and oxygen atoms in total. The molecule has 138 valence electrons. The van der Waals surface area contributed by atoms with Crippen molar-refractivity contribution in [3.05, 3.63) is 63.9 Å². The molecule has 0 radical (unpaired) electrons. The third-order valence-corrected chi connectivity index (χ3v) is 7.08. The summed E-state index contributed by atoms with van der Waals surface area (Å²) in [6.45, 7) is 0.442. The van der Waals surface area contributed by atoms with Gasteiger partial charge in [-0.1, -0.05) is 23.2 Å². The lowest BCUT2D eigenvalue weighted by atomic mass is 9.90. The molecule has 1 aliphatic heterocycles. The van der Waals surface area contributed by atoms with Crippen molar-refractivity contribution in [1.29, 1.82) is 0 Å². The number of rotatable bonds is 4. The van der Waals surface area contributed by atoms with Crippen molar-refractivity contribution in [1.82, 2.24) is 4.31 Å². The summed E-state index contributed by atoms with van der Waals surface area (Å²) in [5.41, 5.74) is 0.438. The van der Waals surface area contributed by atoms with Crippen LogP contribution in [-0.4, -0.2) is 31.6 Å². The monoisotopic (exact) mass is 415 g/mol. The van der Waals surface area contributed by atoms with Gasteiger partial charge in [0.05, 0.1) is 5.02 Å². The molecule has 1 saturated heterocycles. The van der Waals surface area contributed by atoms with E-state index in [1.807, 2.05) is 0 Å². The van der Waals surface area contributed by atoms with E-state index in [1.54, 1.807) is 0 Å². The van der Waals surface area contributed by atoms with Crippen LogP contribution in [0.5, 0.6) is 0 Å². The van der Waals surface area contributed by atoms with E-state index in [0.29, 0.717) is 23.4 Å². The molecule has 0 atom stereocenters. The van der Waals surface area contributed by atoms with E-state index in [9.17, 15) is 17.6 Å². The van der Waals surface area contributed by atoms with E-state index in [-0.39, 0.29) is 34.7 Å². The number of carbonyl (C=O) groups excluding carboxylic acids is 1. The minimum absolute atomic E-state index is 0.00637. The number of sulfonamides is 1. The zero-order chi connectivity index (χ0) is 18.9. The van der Waals surface area contributed by atoms with E-state index in [4.69, 9.17) is 23.2 Å². The molecule has 3 rings (SSSR count). The van der Waals surface area contributed by atoms with Crippen LogP contribution < -0.4 is 0 Å². The Balaban J connectivity index is 1.71. The summed E-state index contributed by atoms with van der Waals surface area (Å²) in [6, 6.07) is 9.65. The second-order valence-electron chi connectivity index (χ2n) is 6.12. The Morgan fingerprint density at radius 1 is 1.04 bits per heavy atom. The van der Waals surface area contributed by atoms with Crippen LogP contribution in [0.3, 0.4) is 0 Å². The number of nitrogens with zero attached hydrogens (tertiary/aromatic N) is 1. The van der Waals surface area contributed by atoms with E-state index >= 15 is 0 Å². The van der Waals surface area contributed by atoms with E-state index in [2.05, 4.69) is 0 Å². The molecule has 2 aromatic carbocycles. The van der Waals surface area contributed by atoms with Crippen LogP contribution >= 0.6 is 23.2 Å². The summed E-state index contributed by atoms with van der Waals surface area (Å²) >= 11 is 11.9. The van der Waals surface area contributed by atoms with Crippen LogP contribution in [0, 0.1) is 11.7 Å². The Bertz CT molecular complexity index is 924. The number of carbonyl (C=O) groups is 1. The average molecular weight is 416 g/mol. The number of piperidine rings is 1. The van der Waals surface area contributed by atoms with Gasteiger partial charge in [-0.15, -0.1) is 0 Å². The SMILES string of the molecule is O=C(c1ccc(F)cc1)C1CCN(S(=O)(=O)c2ccc(Cl)cc2Cl)CC1. The average Bonchev–Trinajstić information content (AvgIpc) is 2.61. The van der Waals surface area contributed by atoms with Crippen molar-refractivity contribution < 1.29 is 17.6 Å². The Morgan fingerprint density at radius 2 is 1.65 bits per heavy atom. The second kappa shape index (κ2) is 7.64. The first kappa shape index (κ1) is 19.3. The molecule has 0 bridgehead atoms. The third-order valence-electron chi connectivity index (χ3n) is 4.47. The summed E-state index contributed by atoms with van der Waals surface area (Å²) in [5.74, 6) is -0.776. The van der Waals surface area contributed by atoms with E-state index in [0.717, 1.165) is 0 Å². The molecule has 1 aliphatic rings. The molecule has 0 saturated carbocycles. The lowest BCUT2D eigenvalue weighted by Gasteiger charge is -2.30. The maximum Gasteiger partial charge on any atom is 0.244 e. The van der Waals surface area contributed by atoms with Crippen LogP contribution in [-0.2, 0) is 10.0 Å². The summed E-state index contributed by atoms with van der Waals surface area (Å²) < 4.78 is 39.9. The first-order valence-corrected chi connectivity index (χ1v) is 10.2. The maximum atomic E-state index is 13.0. The summed E-state index contributed by atoms with van der Waals surface area (Å²) in [4.78, 5) is 12.5. The molecule has 0 N–H and O–H groups in total. The van der Waals surface area contributed by atoms with Gasteiger partial charge in [-0.05, 0) is 55.3 Å². The number of hydrogen-bond donors (Lipinski definition) is 0. The molecule has 0 spiro atoms. The van der Waals surface area contributed by atoms with Crippen molar-refractivity contribution >= 4 is 39.0 Å². The molecular formula is C18H16Cl2FNO3S. The van der Waals surface area contributed by atoms with Gasteiger partial charge in [0.25, 0.3) is 0 Å². The number of ketones is 1. The van der Waals surface area contributed by atoms with Crippen molar-refractivity contribution in [2.75, 3.05) is 13.1 Å². The van der Waals surface area contributed by atoms with Crippen molar-refractivity contribution in [2.24, 2.45) is 5.92 Å². The lowest BCUT2D eigenvalue weighted by Crippen LogP contribution is -2.40. The van der Waals surface area contributed by atoms with Gasteiger partial charge in [0.1, 0.15) is 10.7 Å².